The molecule has 18 heteroatoms. The lowest BCUT2D eigenvalue weighted by atomic mass is 9.86. The van der Waals surface area contributed by atoms with Crippen molar-refractivity contribution in [3.8, 4) is 0 Å². The predicted molar refractivity (Wildman–Crippen MR) is 245 cm³/mol. The summed E-state index contributed by atoms with van der Waals surface area (Å²) in [5.41, 5.74) is 9.48. The molecule has 1 aliphatic carbocycles. The van der Waals surface area contributed by atoms with Crippen LogP contribution in [0.25, 0.3) is 10.9 Å². The first-order chi connectivity index (χ1) is 30.1. The third-order valence-corrected chi connectivity index (χ3v) is 13.9. The number of amides is 6. The van der Waals surface area contributed by atoms with Gasteiger partial charge in [0, 0.05) is 85.2 Å². The van der Waals surface area contributed by atoms with Gasteiger partial charge in [-0.15, -0.1) is 0 Å². The second kappa shape index (κ2) is 27.0. The number of thioether (sulfide) groups is 1. The number of carbonyl (C=O) groups excluding carboxylic acids is 5. The molecule has 8 N–H and O–H groups in total. The summed E-state index contributed by atoms with van der Waals surface area (Å²) in [6.45, 7) is 6.65. The summed E-state index contributed by atoms with van der Waals surface area (Å²) in [6, 6.07) is 4.07. The van der Waals surface area contributed by atoms with Crippen LogP contribution in [-0.2, 0) is 41.4 Å². The molecule has 2 fully saturated rings. The van der Waals surface area contributed by atoms with Gasteiger partial charge in [-0.1, -0.05) is 22.4 Å². The van der Waals surface area contributed by atoms with E-state index >= 15 is 0 Å². The minimum absolute atomic E-state index is 0.0207. The standard InChI is InChI=1S/C44H69BrN8O8S/c1-53(28-30-13-14-31-34(27-30)50-41-32(43(46)57)15-16-33(45)40(31)41)20-5-4-17-47-38(55)11-6-12-39(56)49-19-8-22-60-24-26-61-25-23-59-21-7-18-48-37(54)10-3-2-9-36-42-35(29-62-36)51-44(58)52-42/h15-16,30,35-36,42,50H,2-14,17-29H2,1H3,(H2,46,57)(H,47,55)(H,48,54)(H,49,56)(H2,51,52,58)/t30?,35-,36-,42?/m0/s1. The van der Waals surface area contributed by atoms with Gasteiger partial charge in [0.25, 0.3) is 5.91 Å². The van der Waals surface area contributed by atoms with Gasteiger partial charge in [-0.2, -0.15) is 11.8 Å². The van der Waals surface area contributed by atoms with E-state index in [4.69, 9.17) is 19.9 Å². The molecule has 5 rings (SSSR count). The fourth-order valence-corrected chi connectivity index (χ4v) is 10.6. The number of ether oxygens (including phenoxy) is 3. The van der Waals surface area contributed by atoms with Gasteiger partial charge < -0.3 is 56.4 Å². The lowest BCUT2D eigenvalue weighted by molar-refractivity contribution is -0.123. The Bertz CT molecular complexity index is 1770. The van der Waals surface area contributed by atoms with Crippen molar-refractivity contribution in [2.75, 3.05) is 85.2 Å². The van der Waals surface area contributed by atoms with Crippen LogP contribution in [0.3, 0.4) is 0 Å². The maximum Gasteiger partial charge on any atom is 0.315 e. The summed E-state index contributed by atoms with van der Waals surface area (Å²) >= 11 is 5.56. The minimum atomic E-state index is -0.422. The van der Waals surface area contributed by atoms with Gasteiger partial charge in [-0.3, -0.25) is 19.2 Å². The van der Waals surface area contributed by atoms with E-state index in [2.05, 4.69) is 59.4 Å². The molecule has 3 heterocycles. The number of rotatable bonds is 31. The smallest absolute Gasteiger partial charge is 0.315 e. The molecule has 4 atom stereocenters. The van der Waals surface area contributed by atoms with E-state index in [1.165, 1.54) is 11.3 Å². The SMILES string of the molecule is CN(CCCCNC(=O)CCCC(=O)NCCCOCCOCCOCCCNC(=O)CCCC[C@@H]1SC[C@@H]2NC(=O)NC21)CC1CCc2c([nH]c3c(C(N)=O)ccc(Br)c23)C1. The first-order valence-corrected chi connectivity index (χ1v) is 24.5. The van der Waals surface area contributed by atoms with E-state index in [0.717, 1.165) is 92.0 Å². The number of nitrogens with two attached hydrogens (primary N) is 1. The summed E-state index contributed by atoms with van der Waals surface area (Å²) < 4.78 is 17.7. The van der Waals surface area contributed by atoms with E-state index in [-0.39, 0.29) is 35.8 Å². The molecule has 6 amide bonds. The number of aryl methyl sites for hydroxylation is 1. The second-order valence-corrected chi connectivity index (χ2v) is 18.8. The number of fused-ring (bicyclic) bond motifs is 4. The quantitative estimate of drug-likeness (QED) is 0.0427. The van der Waals surface area contributed by atoms with Gasteiger partial charge in [-0.05, 0) is 101 Å². The normalized spacial score (nSPS) is 19.2. The molecule has 0 spiro atoms. The van der Waals surface area contributed by atoms with Gasteiger partial charge in [0.05, 0.1) is 49.6 Å². The van der Waals surface area contributed by atoms with Crippen LogP contribution >= 0.6 is 27.7 Å². The number of aromatic nitrogens is 1. The lowest BCUT2D eigenvalue weighted by Gasteiger charge is -2.27. The molecule has 62 heavy (non-hydrogen) atoms. The Morgan fingerprint density at radius 2 is 1.45 bits per heavy atom. The molecule has 2 saturated heterocycles. The minimum Gasteiger partial charge on any atom is -0.379 e. The molecule has 2 aromatic rings. The summed E-state index contributed by atoms with van der Waals surface area (Å²) in [6.07, 6.45) is 10.8. The van der Waals surface area contributed by atoms with E-state index in [1.54, 1.807) is 6.07 Å². The number of nitrogens with one attached hydrogen (secondary N) is 6. The van der Waals surface area contributed by atoms with Crippen LogP contribution in [0.2, 0.25) is 0 Å². The Morgan fingerprint density at radius 1 is 0.823 bits per heavy atom. The second-order valence-electron chi connectivity index (χ2n) is 16.7. The van der Waals surface area contributed by atoms with Crippen molar-refractivity contribution in [2.24, 2.45) is 11.7 Å². The average Bonchev–Trinajstić information content (AvgIpc) is 3.93. The van der Waals surface area contributed by atoms with Crippen LogP contribution in [0.4, 0.5) is 4.79 Å². The van der Waals surface area contributed by atoms with E-state index < -0.39 is 5.91 Å². The molecule has 0 radical (unpaired) electrons. The molecule has 346 valence electrons. The van der Waals surface area contributed by atoms with Crippen molar-refractivity contribution in [3.05, 3.63) is 33.4 Å². The molecule has 0 bridgehead atoms. The number of benzene rings is 1. The van der Waals surface area contributed by atoms with E-state index in [1.807, 2.05) is 17.8 Å². The Labute approximate surface area is 378 Å². The maximum atomic E-state index is 12.3. The van der Waals surface area contributed by atoms with Gasteiger partial charge in [0.1, 0.15) is 0 Å². The number of aromatic amines is 1. The number of carbonyl (C=O) groups is 5. The van der Waals surface area contributed by atoms with Crippen molar-refractivity contribution in [3.63, 3.8) is 0 Å². The highest BCUT2D eigenvalue weighted by molar-refractivity contribution is 9.10. The number of halogens is 1. The highest BCUT2D eigenvalue weighted by atomic mass is 79.9. The first-order valence-electron chi connectivity index (χ1n) is 22.6. The fraction of sp³-hybridized carbons (Fsp3) is 0.705. The number of H-pyrrole nitrogens is 1. The van der Waals surface area contributed by atoms with Crippen molar-refractivity contribution < 1.29 is 38.2 Å². The van der Waals surface area contributed by atoms with Crippen LogP contribution < -0.4 is 32.3 Å². The van der Waals surface area contributed by atoms with Crippen LogP contribution in [0.5, 0.6) is 0 Å². The molecule has 2 unspecified atom stereocenters. The molecule has 1 aromatic heterocycles. The highest BCUT2D eigenvalue weighted by Gasteiger charge is 2.42. The summed E-state index contributed by atoms with van der Waals surface area (Å²) in [7, 11) is 2.15. The number of hydrogen-bond donors (Lipinski definition) is 7. The zero-order chi connectivity index (χ0) is 44.1. The Kier molecular flexibility index (Phi) is 21.6. The predicted octanol–water partition coefficient (Wildman–Crippen LogP) is 3.92. The summed E-state index contributed by atoms with van der Waals surface area (Å²) in [4.78, 5) is 65.9. The third kappa shape index (κ3) is 16.6. The maximum absolute atomic E-state index is 12.3. The zero-order valence-electron chi connectivity index (χ0n) is 36.4. The third-order valence-electron chi connectivity index (χ3n) is 11.7. The largest absolute Gasteiger partial charge is 0.379 e. The van der Waals surface area contributed by atoms with Crippen LogP contribution in [0.1, 0.15) is 98.7 Å². The monoisotopic (exact) mass is 948 g/mol. The van der Waals surface area contributed by atoms with Crippen molar-refractivity contribution in [2.45, 2.75) is 107 Å². The number of hydrogen-bond acceptors (Lipinski definition) is 10. The number of nitrogens with zero attached hydrogens (tertiary/aromatic N) is 1. The average molecular weight is 950 g/mol. The molecular weight excluding hydrogens is 881 g/mol. The lowest BCUT2D eigenvalue weighted by Crippen LogP contribution is -2.36. The van der Waals surface area contributed by atoms with Crippen LogP contribution in [-0.4, -0.2) is 142 Å². The van der Waals surface area contributed by atoms with E-state index in [0.29, 0.717) is 108 Å². The molecule has 16 nitrogen and oxygen atoms in total. The van der Waals surface area contributed by atoms with Gasteiger partial charge in [0.15, 0.2) is 0 Å². The van der Waals surface area contributed by atoms with Gasteiger partial charge in [-0.25, -0.2) is 4.79 Å². The Balaban J connectivity index is 0.737. The molecule has 1 aromatic carbocycles. The molecule has 2 aliphatic heterocycles. The molecular formula is C44H69BrN8O8S. The van der Waals surface area contributed by atoms with Crippen LogP contribution in [0, 0.1) is 5.92 Å². The number of primary amides is 1. The van der Waals surface area contributed by atoms with Gasteiger partial charge in [0.2, 0.25) is 17.7 Å². The molecule has 0 saturated carbocycles. The zero-order valence-corrected chi connectivity index (χ0v) is 38.8. The topological polar surface area (TPSA) is 218 Å². The van der Waals surface area contributed by atoms with Gasteiger partial charge >= 0.3 is 6.03 Å². The number of urea groups is 1. The highest BCUT2D eigenvalue weighted by Crippen LogP contribution is 2.37. The van der Waals surface area contributed by atoms with E-state index in [9.17, 15) is 24.0 Å². The van der Waals surface area contributed by atoms with Crippen molar-refractivity contribution >= 4 is 68.3 Å². The fourth-order valence-electron chi connectivity index (χ4n) is 8.49. The van der Waals surface area contributed by atoms with Crippen LogP contribution in [0.15, 0.2) is 16.6 Å². The Morgan fingerprint density at radius 3 is 2.11 bits per heavy atom. The summed E-state index contributed by atoms with van der Waals surface area (Å²) in [5.74, 6) is 1.05. The van der Waals surface area contributed by atoms with Crippen molar-refractivity contribution in [1.29, 1.82) is 0 Å². The molecule has 3 aliphatic rings. The first kappa shape index (κ1) is 49.6. The Hall–Kier alpha value is -3.42. The number of unbranched alkanes of at least 4 members (excludes halogenated alkanes) is 2. The van der Waals surface area contributed by atoms with Crippen molar-refractivity contribution in [1.82, 2.24) is 36.5 Å². The summed E-state index contributed by atoms with van der Waals surface area (Å²) in [5, 5.41) is 16.3.